The fourth-order valence-corrected chi connectivity index (χ4v) is 3.99. The first-order valence-electron chi connectivity index (χ1n) is 6.90. The van der Waals surface area contributed by atoms with Crippen LogP contribution in [-0.2, 0) is 4.79 Å². The number of carboxylic acids is 1. The van der Waals surface area contributed by atoms with Crippen molar-refractivity contribution in [3.63, 3.8) is 0 Å². The molecule has 108 valence electrons. The molecule has 2 aliphatic rings. The SMILES string of the molecule is CSC1(CNC(=O)N2CCC[C@@H]2C(=O)O)CCCC1. The van der Waals surface area contributed by atoms with Gasteiger partial charge in [-0.3, -0.25) is 0 Å². The quantitative estimate of drug-likeness (QED) is 0.828. The largest absolute Gasteiger partial charge is 0.480 e. The van der Waals surface area contributed by atoms with Crippen LogP contribution in [0.5, 0.6) is 0 Å². The van der Waals surface area contributed by atoms with Gasteiger partial charge < -0.3 is 15.3 Å². The highest BCUT2D eigenvalue weighted by Gasteiger charge is 2.37. The highest BCUT2D eigenvalue weighted by molar-refractivity contribution is 8.00. The van der Waals surface area contributed by atoms with E-state index in [1.807, 2.05) is 11.8 Å². The van der Waals surface area contributed by atoms with Gasteiger partial charge in [0.25, 0.3) is 0 Å². The molecule has 2 N–H and O–H groups in total. The van der Waals surface area contributed by atoms with Crippen LogP contribution in [0.25, 0.3) is 0 Å². The summed E-state index contributed by atoms with van der Waals surface area (Å²) in [6.45, 7) is 1.20. The van der Waals surface area contributed by atoms with Crippen molar-refractivity contribution in [3.05, 3.63) is 0 Å². The zero-order valence-electron chi connectivity index (χ0n) is 11.4. The number of amides is 2. The van der Waals surface area contributed by atoms with Gasteiger partial charge in [0.1, 0.15) is 6.04 Å². The van der Waals surface area contributed by atoms with Crippen molar-refractivity contribution in [2.24, 2.45) is 0 Å². The number of carboxylic acid groups (broad SMARTS) is 1. The van der Waals surface area contributed by atoms with Crippen molar-refractivity contribution in [1.29, 1.82) is 0 Å². The lowest BCUT2D eigenvalue weighted by Gasteiger charge is -2.29. The number of carbonyl (C=O) groups is 2. The van der Waals surface area contributed by atoms with Gasteiger partial charge in [0.05, 0.1) is 0 Å². The van der Waals surface area contributed by atoms with Crippen LogP contribution in [-0.4, -0.2) is 52.1 Å². The third kappa shape index (κ3) is 3.16. The molecule has 5 nitrogen and oxygen atoms in total. The van der Waals surface area contributed by atoms with Gasteiger partial charge in [0, 0.05) is 17.8 Å². The summed E-state index contributed by atoms with van der Waals surface area (Å²) in [5, 5.41) is 12.0. The molecule has 2 amide bonds. The number of thioether (sulfide) groups is 1. The van der Waals surface area contributed by atoms with E-state index in [1.165, 1.54) is 17.7 Å². The summed E-state index contributed by atoms with van der Waals surface area (Å²) in [6.07, 6.45) is 8.14. The second-order valence-electron chi connectivity index (χ2n) is 5.44. The molecule has 1 aliphatic heterocycles. The van der Waals surface area contributed by atoms with Gasteiger partial charge in [-0.05, 0) is 31.9 Å². The lowest BCUT2D eigenvalue weighted by atomic mass is 10.1. The predicted molar refractivity (Wildman–Crippen MR) is 75.5 cm³/mol. The summed E-state index contributed by atoms with van der Waals surface area (Å²) in [7, 11) is 0. The Morgan fingerprint density at radius 2 is 2.05 bits per heavy atom. The van der Waals surface area contributed by atoms with E-state index in [0.29, 0.717) is 19.5 Å². The number of likely N-dealkylation sites (tertiary alicyclic amines) is 1. The number of hydrogen-bond acceptors (Lipinski definition) is 3. The molecular weight excluding hydrogens is 264 g/mol. The minimum atomic E-state index is -0.895. The van der Waals surface area contributed by atoms with Crippen LogP contribution in [0.3, 0.4) is 0 Å². The maximum Gasteiger partial charge on any atom is 0.326 e. The third-order valence-corrected chi connectivity index (χ3v) is 5.73. The zero-order valence-corrected chi connectivity index (χ0v) is 12.2. The molecule has 2 rings (SSSR count). The maximum absolute atomic E-state index is 12.1. The minimum Gasteiger partial charge on any atom is -0.480 e. The molecule has 1 saturated heterocycles. The molecule has 1 aliphatic carbocycles. The summed E-state index contributed by atoms with van der Waals surface area (Å²) >= 11 is 1.82. The Morgan fingerprint density at radius 1 is 1.37 bits per heavy atom. The number of rotatable bonds is 4. The summed E-state index contributed by atoms with van der Waals surface area (Å²) in [5.41, 5.74) is 0. The van der Waals surface area contributed by atoms with Crippen LogP contribution in [0.1, 0.15) is 38.5 Å². The van der Waals surface area contributed by atoms with Gasteiger partial charge in [-0.15, -0.1) is 0 Å². The molecule has 6 heteroatoms. The van der Waals surface area contributed by atoms with E-state index in [0.717, 1.165) is 19.3 Å². The van der Waals surface area contributed by atoms with E-state index in [4.69, 9.17) is 5.11 Å². The van der Waals surface area contributed by atoms with E-state index in [-0.39, 0.29) is 10.8 Å². The summed E-state index contributed by atoms with van der Waals surface area (Å²) in [5.74, 6) is -0.895. The van der Waals surface area contributed by atoms with Gasteiger partial charge in [0.2, 0.25) is 0 Å². The number of aliphatic carboxylic acids is 1. The monoisotopic (exact) mass is 286 g/mol. The molecule has 0 radical (unpaired) electrons. The summed E-state index contributed by atoms with van der Waals surface area (Å²) < 4.78 is 0.161. The first-order valence-corrected chi connectivity index (χ1v) is 8.13. The van der Waals surface area contributed by atoms with Crippen LogP contribution in [0.2, 0.25) is 0 Å². The molecule has 0 bridgehead atoms. The van der Waals surface area contributed by atoms with Gasteiger partial charge in [-0.2, -0.15) is 11.8 Å². The van der Waals surface area contributed by atoms with Crippen LogP contribution >= 0.6 is 11.8 Å². The highest BCUT2D eigenvalue weighted by atomic mass is 32.2. The number of urea groups is 1. The number of hydrogen-bond donors (Lipinski definition) is 2. The summed E-state index contributed by atoms with van der Waals surface area (Å²) in [6, 6.07) is -0.862. The van der Waals surface area contributed by atoms with E-state index in [9.17, 15) is 9.59 Å². The molecule has 0 aromatic rings. The lowest BCUT2D eigenvalue weighted by molar-refractivity contribution is -0.141. The van der Waals surface area contributed by atoms with Crippen LogP contribution in [0, 0.1) is 0 Å². The number of carbonyl (C=O) groups excluding carboxylic acids is 1. The van der Waals surface area contributed by atoms with Gasteiger partial charge in [-0.1, -0.05) is 12.8 Å². The molecular formula is C13H22N2O3S. The Hall–Kier alpha value is -0.910. The lowest BCUT2D eigenvalue weighted by Crippen LogP contribution is -2.49. The van der Waals surface area contributed by atoms with Crippen LogP contribution in [0.15, 0.2) is 0 Å². The maximum atomic E-state index is 12.1. The smallest absolute Gasteiger partial charge is 0.326 e. The standard InChI is InChI=1S/C13H22N2O3S/c1-19-13(6-2-3-7-13)9-14-12(18)15-8-4-5-10(15)11(16)17/h10H,2-9H2,1H3,(H,14,18)(H,16,17)/t10-/m1/s1. The van der Waals surface area contributed by atoms with E-state index >= 15 is 0 Å². The Bertz CT molecular complexity index is 356. The Kier molecular flexibility index (Phi) is 4.60. The molecule has 0 spiro atoms. The second kappa shape index (κ2) is 6.03. The molecule has 19 heavy (non-hydrogen) atoms. The molecule has 1 saturated carbocycles. The number of nitrogens with zero attached hydrogens (tertiary/aromatic N) is 1. The first kappa shape index (κ1) is 14.5. The molecule has 0 aromatic carbocycles. The normalized spacial score (nSPS) is 25.5. The zero-order chi connectivity index (χ0) is 13.9. The van der Waals surface area contributed by atoms with Gasteiger partial charge in [-0.25, -0.2) is 9.59 Å². The number of nitrogens with one attached hydrogen (secondary N) is 1. The average Bonchev–Trinajstić information content (AvgIpc) is 3.05. The van der Waals surface area contributed by atoms with Crippen molar-refractivity contribution >= 4 is 23.8 Å². The van der Waals surface area contributed by atoms with Gasteiger partial charge >= 0.3 is 12.0 Å². The van der Waals surface area contributed by atoms with Crippen molar-refractivity contribution in [2.75, 3.05) is 19.3 Å². The topological polar surface area (TPSA) is 69.6 Å². The van der Waals surface area contributed by atoms with Crippen molar-refractivity contribution in [2.45, 2.75) is 49.3 Å². The fourth-order valence-electron chi connectivity index (χ4n) is 3.08. The first-order chi connectivity index (χ1) is 9.08. The second-order valence-corrected chi connectivity index (χ2v) is 6.72. The minimum absolute atomic E-state index is 0.161. The molecule has 2 fully saturated rings. The fraction of sp³-hybridized carbons (Fsp3) is 0.846. The van der Waals surface area contributed by atoms with Crippen molar-refractivity contribution in [1.82, 2.24) is 10.2 Å². The Labute approximate surface area is 118 Å². The molecule has 1 atom stereocenters. The molecule has 1 heterocycles. The van der Waals surface area contributed by atoms with E-state index < -0.39 is 12.0 Å². The average molecular weight is 286 g/mol. The van der Waals surface area contributed by atoms with E-state index in [1.54, 1.807) is 0 Å². The van der Waals surface area contributed by atoms with E-state index in [2.05, 4.69) is 11.6 Å². The summed E-state index contributed by atoms with van der Waals surface area (Å²) in [4.78, 5) is 24.7. The van der Waals surface area contributed by atoms with Gasteiger partial charge in [0.15, 0.2) is 0 Å². The Balaban J connectivity index is 1.88. The highest BCUT2D eigenvalue weighted by Crippen LogP contribution is 2.39. The molecule has 0 unspecified atom stereocenters. The van der Waals surface area contributed by atoms with Crippen molar-refractivity contribution < 1.29 is 14.7 Å². The molecule has 0 aromatic heterocycles. The van der Waals surface area contributed by atoms with Crippen LogP contribution < -0.4 is 5.32 Å². The third-order valence-electron chi connectivity index (χ3n) is 4.31. The van der Waals surface area contributed by atoms with Crippen LogP contribution in [0.4, 0.5) is 4.79 Å². The van der Waals surface area contributed by atoms with Crippen molar-refractivity contribution in [3.8, 4) is 0 Å². The Morgan fingerprint density at radius 3 is 2.63 bits per heavy atom. The predicted octanol–water partition coefficient (Wildman–Crippen LogP) is 1.92.